The van der Waals surface area contributed by atoms with Crippen molar-refractivity contribution < 1.29 is 19.4 Å². The number of phenolic OH excluding ortho intramolecular Hbond substituents is 1. The molecule has 0 unspecified atom stereocenters. The zero-order valence-electron chi connectivity index (χ0n) is 24.2. The summed E-state index contributed by atoms with van der Waals surface area (Å²) in [5, 5.41) is 15.1. The lowest BCUT2D eigenvalue weighted by atomic mass is 10.0. The number of urea groups is 1. The number of ether oxygens (including phenoxy) is 2. The van der Waals surface area contributed by atoms with Gasteiger partial charge in [-0.05, 0) is 55.0 Å². The highest BCUT2D eigenvalue weighted by molar-refractivity contribution is 5.73. The van der Waals surface area contributed by atoms with E-state index in [1.165, 1.54) is 96.3 Å². The minimum absolute atomic E-state index is 0.141. The predicted molar refractivity (Wildman–Crippen MR) is 161 cm³/mol. The zero-order valence-corrected chi connectivity index (χ0v) is 24.2. The maximum atomic E-state index is 11.9. The molecule has 2 aromatic carbocycles. The number of amides is 2. The number of carbonyl (C=O) groups is 1. The number of carbonyl (C=O) groups excluding carboxylic acids is 1. The molecule has 0 radical (unpaired) electrons. The van der Waals surface area contributed by atoms with E-state index in [2.05, 4.69) is 17.6 Å². The fraction of sp³-hybridized carbons (Fsp3) is 0.606. The van der Waals surface area contributed by atoms with Gasteiger partial charge in [-0.3, -0.25) is 0 Å². The molecule has 6 heteroatoms. The van der Waals surface area contributed by atoms with Crippen LogP contribution in [0.15, 0.2) is 48.5 Å². The second-order valence-corrected chi connectivity index (χ2v) is 10.4. The highest BCUT2D eigenvalue weighted by atomic mass is 16.5. The third kappa shape index (κ3) is 17.3. The normalized spacial score (nSPS) is 10.8. The Morgan fingerprint density at radius 3 is 1.51 bits per heavy atom. The van der Waals surface area contributed by atoms with Crippen molar-refractivity contribution in [3.05, 3.63) is 48.5 Å². The second kappa shape index (κ2) is 22.0. The van der Waals surface area contributed by atoms with Crippen LogP contribution in [0.2, 0.25) is 0 Å². The molecule has 6 nitrogen and oxygen atoms in total. The van der Waals surface area contributed by atoms with Gasteiger partial charge in [0.25, 0.3) is 0 Å². The Morgan fingerprint density at radius 1 is 0.590 bits per heavy atom. The topological polar surface area (TPSA) is 79.8 Å². The number of nitrogens with one attached hydrogen (secondary N) is 2. The number of hydrogen-bond donors (Lipinski definition) is 3. The Morgan fingerprint density at radius 2 is 1.00 bits per heavy atom. The smallest absolute Gasteiger partial charge is 0.314 e. The van der Waals surface area contributed by atoms with Crippen molar-refractivity contribution in [2.24, 2.45) is 0 Å². The van der Waals surface area contributed by atoms with Crippen molar-refractivity contribution in [1.29, 1.82) is 0 Å². The molecule has 0 saturated carbocycles. The van der Waals surface area contributed by atoms with Crippen molar-refractivity contribution in [3.8, 4) is 23.0 Å². The molecule has 0 aliphatic rings. The predicted octanol–water partition coefficient (Wildman–Crippen LogP) is 9.12. The number of rotatable bonds is 23. The monoisotopic (exact) mass is 540 g/mol. The highest BCUT2D eigenvalue weighted by Crippen LogP contribution is 2.25. The summed E-state index contributed by atoms with van der Waals surface area (Å²) in [6, 6.07) is 13.7. The third-order valence-electron chi connectivity index (χ3n) is 6.87. The minimum atomic E-state index is -0.141. The summed E-state index contributed by atoms with van der Waals surface area (Å²) in [5.41, 5.74) is 0. The van der Waals surface area contributed by atoms with E-state index < -0.39 is 0 Å². The van der Waals surface area contributed by atoms with Gasteiger partial charge < -0.3 is 25.2 Å². The molecule has 2 amide bonds. The lowest BCUT2D eigenvalue weighted by molar-refractivity contribution is 0.236. The van der Waals surface area contributed by atoms with Gasteiger partial charge in [0.15, 0.2) is 0 Å². The number of phenols is 1. The largest absolute Gasteiger partial charge is 0.508 e. The summed E-state index contributed by atoms with van der Waals surface area (Å²) in [6.45, 7) is 3.83. The standard InChI is InChI=1S/C33H52N2O4/c1-2-3-4-5-6-7-8-9-10-11-12-13-14-15-16-17-26-34-33(37)35-27-28-38-30-22-24-32(25-23-30)39-31-20-18-29(36)19-21-31/h18-25,36H,2-17,26-28H2,1H3,(H2,34,35,37). The molecule has 0 saturated heterocycles. The maximum absolute atomic E-state index is 11.9. The zero-order chi connectivity index (χ0) is 27.8. The van der Waals surface area contributed by atoms with E-state index >= 15 is 0 Å². The summed E-state index contributed by atoms with van der Waals surface area (Å²) in [4.78, 5) is 11.9. The molecule has 0 aliphatic heterocycles. The maximum Gasteiger partial charge on any atom is 0.314 e. The molecule has 2 rings (SSSR count). The van der Waals surface area contributed by atoms with Gasteiger partial charge in [0, 0.05) is 6.54 Å². The lowest BCUT2D eigenvalue weighted by Gasteiger charge is -2.10. The molecule has 0 spiro atoms. The van der Waals surface area contributed by atoms with Gasteiger partial charge >= 0.3 is 6.03 Å². The molecule has 39 heavy (non-hydrogen) atoms. The second-order valence-electron chi connectivity index (χ2n) is 10.4. The first-order valence-electron chi connectivity index (χ1n) is 15.4. The van der Waals surface area contributed by atoms with Crippen molar-refractivity contribution in [3.63, 3.8) is 0 Å². The molecular weight excluding hydrogens is 488 g/mol. The summed E-state index contributed by atoms with van der Waals surface area (Å²) in [5.74, 6) is 2.24. The van der Waals surface area contributed by atoms with E-state index in [4.69, 9.17) is 9.47 Å². The molecule has 0 atom stereocenters. The van der Waals surface area contributed by atoms with Crippen LogP contribution in [0.25, 0.3) is 0 Å². The van der Waals surface area contributed by atoms with Crippen molar-refractivity contribution in [2.75, 3.05) is 19.7 Å². The van der Waals surface area contributed by atoms with Crippen LogP contribution in [0.5, 0.6) is 23.0 Å². The first-order chi connectivity index (χ1) is 19.2. The van der Waals surface area contributed by atoms with Gasteiger partial charge in [-0.25, -0.2) is 4.79 Å². The van der Waals surface area contributed by atoms with Gasteiger partial charge in [-0.15, -0.1) is 0 Å². The third-order valence-corrected chi connectivity index (χ3v) is 6.87. The lowest BCUT2D eigenvalue weighted by Crippen LogP contribution is -2.38. The molecular formula is C33H52N2O4. The van der Waals surface area contributed by atoms with E-state index in [9.17, 15) is 9.90 Å². The Labute approximate surface area is 236 Å². The SMILES string of the molecule is CCCCCCCCCCCCCCCCCCNC(=O)NCCOc1ccc(Oc2ccc(O)cc2)cc1. The fourth-order valence-corrected chi connectivity index (χ4v) is 4.53. The first kappa shape index (κ1) is 32.3. The Kier molecular flexibility index (Phi) is 18.2. The van der Waals surface area contributed by atoms with Crippen molar-refractivity contribution in [2.45, 2.75) is 110 Å². The molecule has 0 aromatic heterocycles. The minimum Gasteiger partial charge on any atom is -0.508 e. The molecule has 0 bridgehead atoms. The number of hydrogen-bond acceptors (Lipinski definition) is 4. The van der Waals surface area contributed by atoms with Crippen molar-refractivity contribution >= 4 is 6.03 Å². The molecule has 0 aliphatic carbocycles. The van der Waals surface area contributed by atoms with Crippen LogP contribution in [0.4, 0.5) is 4.79 Å². The summed E-state index contributed by atoms with van der Waals surface area (Å²) >= 11 is 0. The molecule has 2 aromatic rings. The average Bonchev–Trinajstić information content (AvgIpc) is 2.95. The van der Waals surface area contributed by atoms with Crippen LogP contribution >= 0.6 is 0 Å². The van der Waals surface area contributed by atoms with Crippen LogP contribution in [0.3, 0.4) is 0 Å². The van der Waals surface area contributed by atoms with E-state index in [-0.39, 0.29) is 11.8 Å². The van der Waals surface area contributed by atoms with Crippen LogP contribution < -0.4 is 20.1 Å². The number of aromatic hydroxyl groups is 1. The van der Waals surface area contributed by atoms with Gasteiger partial charge in [-0.2, -0.15) is 0 Å². The quantitative estimate of drug-likeness (QED) is 0.123. The van der Waals surface area contributed by atoms with Gasteiger partial charge in [0.2, 0.25) is 0 Å². The van der Waals surface area contributed by atoms with E-state index in [0.717, 1.165) is 6.42 Å². The van der Waals surface area contributed by atoms with Crippen LogP contribution in [0.1, 0.15) is 110 Å². The van der Waals surface area contributed by atoms with E-state index in [1.54, 1.807) is 24.3 Å². The Hall–Kier alpha value is -2.89. The molecule has 0 heterocycles. The fourth-order valence-electron chi connectivity index (χ4n) is 4.53. The van der Waals surface area contributed by atoms with E-state index in [0.29, 0.717) is 36.9 Å². The average molecular weight is 541 g/mol. The summed E-state index contributed by atoms with van der Waals surface area (Å²) in [7, 11) is 0. The van der Waals surface area contributed by atoms with Gasteiger partial charge in [0.05, 0.1) is 6.54 Å². The summed E-state index contributed by atoms with van der Waals surface area (Å²) < 4.78 is 11.4. The van der Waals surface area contributed by atoms with Crippen LogP contribution in [0, 0.1) is 0 Å². The Balaban J connectivity index is 1.34. The Bertz CT molecular complexity index is 855. The first-order valence-corrected chi connectivity index (χ1v) is 15.4. The van der Waals surface area contributed by atoms with E-state index in [1.807, 2.05) is 24.3 Å². The van der Waals surface area contributed by atoms with Gasteiger partial charge in [-0.1, -0.05) is 103 Å². The molecule has 218 valence electrons. The number of benzene rings is 2. The van der Waals surface area contributed by atoms with Crippen molar-refractivity contribution in [1.82, 2.24) is 10.6 Å². The highest BCUT2D eigenvalue weighted by Gasteiger charge is 2.02. The number of unbranched alkanes of at least 4 members (excludes halogenated alkanes) is 15. The van der Waals surface area contributed by atoms with Crippen LogP contribution in [-0.2, 0) is 0 Å². The summed E-state index contributed by atoms with van der Waals surface area (Å²) in [6.07, 6.45) is 21.6. The molecule has 0 fully saturated rings. The van der Waals surface area contributed by atoms with Crippen LogP contribution in [-0.4, -0.2) is 30.8 Å². The molecule has 3 N–H and O–H groups in total. The van der Waals surface area contributed by atoms with Gasteiger partial charge in [0.1, 0.15) is 29.6 Å².